The number of carbonyl (C=O) groups is 1. The average molecular weight is 245 g/mol. The predicted octanol–water partition coefficient (Wildman–Crippen LogP) is 0.922. The van der Waals surface area contributed by atoms with Gasteiger partial charge in [0.05, 0.1) is 12.2 Å². The smallest absolute Gasteiger partial charge is 0.242 e. The summed E-state index contributed by atoms with van der Waals surface area (Å²) in [6.45, 7) is 0.934. The van der Waals surface area contributed by atoms with Gasteiger partial charge in [-0.3, -0.25) is 9.48 Å². The first-order chi connectivity index (χ1) is 7.27. The molecular weight excluding hydrogens is 228 g/mol. The molecular formula is C10H17ClN4O. The number of anilines is 1. The van der Waals surface area contributed by atoms with E-state index in [4.69, 9.17) is 0 Å². The molecule has 2 heterocycles. The fourth-order valence-electron chi connectivity index (χ4n) is 1.79. The third-order valence-corrected chi connectivity index (χ3v) is 2.70. The molecule has 1 atom stereocenters. The SMILES string of the molecule is Cl.Cn1nccc1NC(=O)[C@H]1CCCCN1. The van der Waals surface area contributed by atoms with Crippen LogP contribution in [0.3, 0.4) is 0 Å². The minimum atomic E-state index is -0.0475. The van der Waals surface area contributed by atoms with Crippen molar-refractivity contribution in [2.75, 3.05) is 11.9 Å². The highest BCUT2D eigenvalue weighted by Crippen LogP contribution is 2.10. The van der Waals surface area contributed by atoms with E-state index in [1.165, 1.54) is 0 Å². The van der Waals surface area contributed by atoms with Crippen molar-refractivity contribution in [3.63, 3.8) is 0 Å². The van der Waals surface area contributed by atoms with Crippen molar-refractivity contribution in [1.82, 2.24) is 15.1 Å². The largest absolute Gasteiger partial charge is 0.310 e. The number of hydrogen-bond acceptors (Lipinski definition) is 3. The summed E-state index contributed by atoms with van der Waals surface area (Å²) in [6, 6.07) is 1.74. The quantitative estimate of drug-likeness (QED) is 0.814. The number of halogens is 1. The van der Waals surface area contributed by atoms with Crippen LogP contribution in [0.25, 0.3) is 0 Å². The van der Waals surface area contributed by atoms with Crippen molar-refractivity contribution in [3.8, 4) is 0 Å². The number of aryl methyl sites for hydroxylation is 1. The van der Waals surface area contributed by atoms with Crippen molar-refractivity contribution in [1.29, 1.82) is 0 Å². The molecule has 1 aliphatic rings. The molecule has 1 fully saturated rings. The second kappa shape index (κ2) is 5.86. The summed E-state index contributed by atoms with van der Waals surface area (Å²) in [5, 5.41) is 10.1. The van der Waals surface area contributed by atoms with Gasteiger partial charge in [0.1, 0.15) is 5.82 Å². The molecule has 1 aromatic heterocycles. The van der Waals surface area contributed by atoms with Crippen LogP contribution in [0.5, 0.6) is 0 Å². The summed E-state index contributed by atoms with van der Waals surface area (Å²) >= 11 is 0. The van der Waals surface area contributed by atoms with E-state index >= 15 is 0 Å². The van der Waals surface area contributed by atoms with Gasteiger partial charge < -0.3 is 10.6 Å². The molecule has 2 rings (SSSR count). The Morgan fingerprint density at radius 2 is 2.44 bits per heavy atom. The number of nitrogens with zero attached hydrogens (tertiary/aromatic N) is 2. The van der Waals surface area contributed by atoms with Gasteiger partial charge in [-0.25, -0.2) is 0 Å². The summed E-state index contributed by atoms with van der Waals surface area (Å²) in [5.74, 6) is 0.783. The average Bonchev–Trinajstić information content (AvgIpc) is 2.66. The zero-order chi connectivity index (χ0) is 10.7. The first-order valence-electron chi connectivity index (χ1n) is 5.29. The molecule has 1 saturated heterocycles. The summed E-state index contributed by atoms with van der Waals surface area (Å²) in [4.78, 5) is 11.8. The Balaban J connectivity index is 0.00000128. The van der Waals surface area contributed by atoms with E-state index in [2.05, 4.69) is 15.7 Å². The van der Waals surface area contributed by atoms with E-state index in [-0.39, 0.29) is 24.4 Å². The lowest BCUT2D eigenvalue weighted by Gasteiger charge is -2.22. The number of nitrogens with one attached hydrogen (secondary N) is 2. The lowest BCUT2D eigenvalue weighted by atomic mass is 10.0. The maximum Gasteiger partial charge on any atom is 0.242 e. The van der Waals surface area contributed by atoms with Crippen LogP contribution < -0.4 is 10.6 Å². The monoisotopic (exact) mass is 244 g/mol. The van der Waals surface area contributed by atoms with Crippen LogP contribution in [0.2, 0.25) is 0 Å². The van der Waals surface area contributed by atoms with Crippen LogP contribution in [-0.4, -0.2) is 28.3 Å². The highest BCUT2D eigenvalue weighted by molar-refractivity contribution is 5.94. The van der Waals surface area contributed by atoms with Crippen molar-refractivity contribution in [3.05, 3.63) is 12.3 Å². The molecule has 0 aliphatic carbocycles. The lowest BCUT2D eigenvalue weighted by Crippen LogP contribution is -2.43. The second-order valence-corrected chi connectivity index (χ2v) is 3.83. The molecule has 1 aromatic rings. The van der Waals surface area contributed by atoms with E-state index in [1.54, 1.807) is 16.9 Å². The van der Waals surface area contributed by atoms with Crippen LogP contribution in [0, 0.1) is 0 Å². The summed E-state index contributed by atoms with van der Waals surface area (Å²) in [5.41, 5.74) is 0. The normalized spacial score (nSPS) is 19.9. The zero-order valence-electron chi connectivity index (χ0n) is 9.27. The van der Waals surface area contributed by atoms with Crippen LogP contribution in [-0.2, 0) is 11.8 Å². The highest BCUT2D eigenvalue weighted by Gasteiger charge is 2.20. The fraction of sp³-hybridized carbons (Fsp3) is 0.600. The van der Waals surface area contributed by atoms with Crippen molar-refractivity contribution >= 4 is 24.1 Å². The van der Waals surface area contributed by atoms with E-state index in [0.717, 1.165) is 31.6 Å². The van der Waals surface area contributed by atoms with Gasteiger partial charge in [-0.05, 0) is 19.4 Å². The third-order valence-electron chi connectivity index (χ3n) is 2.70. The fourth-order valence-corrected chi connectivity index (χ4v) is 1.79. The molecule has 0 bridgehead atoms. The number of rotatable bonds is 2. The van der Waals surface area contributed by atoms with Gasteiger partial charge in [-0.15, -0.1) is 12.4 Å². The maximum atomic E-state index is 11.8. The molecule has 0 radical (unpaired) electrons. The Labute approximate surface area is 101 Å². The topological polar surface area (TPSA) is 59.0 Å². The van der Waals surface area contributed by atoms with Gasteiger partial charge in [0.2, 0.25) is 5.91 Å². The number of carbonyl (C=O) groups excluding carboxylic acids is 1. The summed E-state index contributed by atoms with van der Waals surface area (Å²) in [7, 11) is 1.81. The molecule has 6 heteroatoms. The van der Waals surface area contributed by atoms with Gasteiger partial charge >= 0.3 is 0 Å². The van der Waals surface area contributed by atoms with Crippen LogP contribution in [0.15, 0.2) is 12.3 Å². The van der Waals surface area contributed by atoms with E-state index in [0.29, 0.717) is 0 Å². The van der Waals surface area contributed by atoms with E-state index in [9.17, 15) is 4.79 Å². The number of hydrogen-bond donors (Lipinski definition) is 2. The highest BCUT2D eigenvalue weighted by atomic mass is 35.5. The molecule has 16 heavy (non-hydrogen) atoms. The van der Waals surface area contributed by atoms with Crippen molar-refractivity contribution < 1.29 is 4.79 Å². The van der Waals surface area contributed by atoms with E-state index in [1.807, 2.05) is 7.05 Å². The summed E-state index contributed by atoms with van der Waals surface area (Å²) in [6.07, 6.45) is 4.87. The second-order valence-electron chi connectivity index (χ2n) is 3.83. The minimum Gasteiger partial charge on any atom is -0.310 e. The van der Waals surface area contributed by atoms with Gasteiger partial charge in [0.25, 0.3) is 0 Å². The molecule has 1 aliphatic heterocycles. The van der Waals surface area contributed by atoms with Gasteiger partial charge in [-0.1, -0.05) is 6.42 Å². The number of piperidine rings is 1. The zero-order valence-corrected chi connectivity index (χ0v) is 10.1. The Morgan fingerprint density at radius 1 is 1.62 bits per heavy atom. The van der Waals surface area contributed by atoms with Crippen molar-refractivity contribution in [2.24, 2.45) is 7.05 Å². The number of amides is 1. The number of aromatic nitrogens is 2. The minimum absolute atomic E-state index is 0. The lowest BCUT2D eigenvalue weighted by molar-refractivity contribution is -0.118. The Kier molecular flexibility index (Phi) is 4.76. The van der Waals surface area contributed by atoms with Gasteiger partial charge in [0, 0.05) is 13.1 Å². The van der Waals surface area contributed by atoms with Crippen LogP contribution in [0.4, 0.5) is 5.82 Å². The van der Waals surface area contributed by atoms with Crippen LogP contribution in [0.1, 0.15) is 19.3 Å². The predicted molar refractivity (Wildman–Crippen MR) is 64.7 cm³/mol. The van der Waals surface area contributed by atoms with E-state index < -0.39 is 0 Å². The molecule has 0 unspecified atom stereocenters. The third kappa shape index (κ3) is 2.96. The molecule has 0 saturated carbocycles. The van der Waals surface area contributed by atoms with Crippen molar-refractivity contribution in [2.45, 2.75) is 25.3 Å². The van der Waals surface area contributed by atoms with Gasteiger partial charge in [0.15, 0.2) is 0 Å². The molecule has 0 spiro atoms. The Hall–Kier alpha value is -1.07. The van der Waals surface area contributed by atoms with Gasteiger partial charge in [-0.2, -0.15) is 5.10 Å². The molecule has 1 amide bonds. The molecule has 5 nitrogen and oxygen atoms in total. The first-order valence-corrected chi connectivity index (χ1v) is 5.29. The molecule has 90 valence electrons. The standard InChI is InChI=1S/C10H16N4O.ClH/c1-14-9(5-7-12-14)13-10(15)8-4-2-3-6-11-8;/h5,7-8,11H,2-4,6H2,1H3,(H,13,15);1H/t8-;/m1./s1. The Morgan fingerprint density at radius 3 is 3.00 bits per heavy atom. The molecule has 2 N–H and O–H groups in total. The molecule has 0 aromatic carbocycles. The Bertz CT molecular complexity index is 346. The summed E-state index contributed by atoms with van der Waals surface area (Å²) < 4.78 is 1.65. The van der Waals surface area contributed by atoms with Crippen LogP contribution >= 0.6 is 12.4 Å². The maximum absolute atomic E-state index is 11.8. The first kappa shape index (κ1) is 13.0.